The van der Waals surface area contributed by atoms with Crippen molar-refractivity contribution in [1.29, 1.82) is 0 Å². The molecule has 0 unspecified atom stereocenters. The highest BCUT2D eigenvalue weighted by Crippen LogP contribution is 2.33. The van der Waals surface area contributed by atoms with E-state index in [0.29, 0.717) is 45.6 Å². The van der Waals surface area contributed by atoms with Crippen molar-refractivity contribution in [3.05, 3.63) is 70.2 Å². The summed E-state index contributed by atoms with van der Waals surface area (Å²) in [5, 5.41) is 10.3. The number of methoxy groups -OCH3 is 1. The lowest BCUT2D eigenvalue weighted by atomic mass is 10.2. The summed E-state index contributed by atoms with van der Waals surface area (Å²) in [6.07, 6.45) is 2.09. The lowest BCUT2D eigenvalue weighted by molar-refractivity contribution is 0.166. The van der Waals surface area contributed by atoms with Crippen LogP contribution in [-0.4, -0.2) is 59.0 Å². The summed E-state index contributed by atoms with van der Waals surface area (Å²) in [6, 6.07) is 14.8. The van der Waals surface area contributed by atoms with E-state index in [9.17, 15) is 9.90 Å². The fraction of sp³-hybridized carbons (Fsp3) is 0.280. The smallest absolute Gasteiger partial charge is 0.275 e. The highest BCUT2D eigenvalue weighted by molar-refractivity contribution is 7.22. The Morgan fingerprint density at radius 3 is 2.74 bits per heavy atom. The molecular formula is C25H24ClN3O4S. The Morgan fingerprint density at radius 1 is 1.18 bits per heavy atom. The Balaban J connectivity index is 1.38. The van der Waals surface area contributed by atoms with Crippen molar-refractivity contribution in [2.45, 2.75) is 12.5 Å². The number of fused-ring (bicyclic) bond motifs is 1. The van der Waals surface area contributed by atoms with Crippen LogP contribution in [0.25, 0.3) is 26.3 Å². The predicted octanol–water partition coefficient (Wildman–Crippen LogP) is 4.22. The normalized spacial score (nSPS) is 16.3. The van der Waals surface area contributed by atoms with Gasteiger partial charge in [-0.2, -0.15) is 0 Å². The van der Waals surface area contributed by atoms with E-state index < -0.39 is 0 Å². The van der Waals surface area contributed by atoms with E-state index in [1.807, 2.05) is 36.4 Å². The number of benzene rings is 2. The molecule has 2 aromatic carbocycles. The van der Waals surface area contributed by atoms with E-state index in [2.05, 4.69) is 9.88 Å². The van der Waals surface area contributed by atoms with Gasteiger partial charge >= 0.3 is 0 Å². The second-order valence-electron chi connectivity index (χ2n) is 8.18. The average Bonchev–Trinajstić information content (AvgIpc) is 3.47. The number of hydrogen-bond acceptors (Lipinski definition) is 7. The van der Waals surface area contributed by atoms with Crippen LogP contribution in [0.2, 0.25) is 5.02 Å². The number of aliphatic hydroxyl groups is 1. The van der Waals surface area contributed by atoms with E-state index in [4.69, 9.17) is 21.1 Å². The molecule has 3 heterocycles. The average molecular weight is 498 g/mol. The molecule has 0 spiro atoms. The van der Waals surface area contributed by atoms with Gasteiger partial charge in [-0.05, 0) is 42.3 Å². The second kappa shape index (κ2) is 9.76. The molecule has 0 bridgehead atoms. The molecule has 1 aliphatic rings. The number of aliphatic hydroxyl groups excluding tert-OH is 1. The third-order valence-corrected chi connectivity index (χ3v) is 7.32. The van der Waals surface area contributed by atoms with E-state index >= 15 is 0 Å². The van der Waals surface area contributed by atoms with Gasteiger partial charge in [0.2, 0.25) is 0 Å². The SMILES string of the molecule is COc1cc(-n2cnc3cc(-c4ccc(Cl)cc4)sc3c2=O)ccc1OCCN1CC[C@@H](O)C1. The predicted molar refractivity (Wildman–Crippen MR) is 135 cm³/mol. The first kappa shape index (κ1) is 22.9. The van der Waals surface area contributed by atoms with Gasteiger partial charge in [-0.15, -0.1) is 11.3 Å². The molecular weight excluding hydrogens is 474 g/mol. The second-order valence-corrected chi connectivity index (χ2v) is 9.67. The zero-order valence-corrected chi connectivity index (χ0v) is 20.2. The van der Waals surface area contributed by atoms with Crippen LogP contribution in [0.4, 0.5) is 0 Å². The molecule has 9 heteroatoms. The van der Waals surface area contributed by atoms with Gasteiger partial charge in [-0.3, -0.25) is 14.3 Å². The van der Waals surface area contributed by atoms with Crippen LogP contribution >= 0.6 is 22.9 Å². The number of rotatable bonds is 7. The summed E-state index contributed by atoms with van der Waals surface area (Å²) in [5.41, 5.74) is 2.16. The van der Waals surface area contributed by atoms with Gasteiger partial charge in [0.25, 0.3) is 5.56 Å². The van der Waals surface area contributed by atoms with Gasteiger partial charge in [0.1, 0.15) is 17.6 Å². The number of thiophene rings is 1. The van der Waals surface area contributed by atoms with Crippen LogP contribution in [0.3, 0.4) is 0 Å². The number of ether oxygens (including phenoxy) is 2. The third-order valence-electron chi connectivity index (χ3n) is 5.90. The fourth-order valence-corrected chi connectivity index (χ4v) is 5.25. The van der Waals surface area contributed by atoms with E-state index in [1.54, 1.807) is 19.2 Å². The van der Waals surface area contributed by atoms with Gasteiger partial charge in [0, 0.05) is 35.6 Å². The maximum atomic E-state index is 13.3. The van der Waals surface area contributed by atoms with Crippen molar-refractivity contribution in [3.8, 4) is 27.6 Å². The molecule has 176 valence electrons. The minimum atomic E-state index is -0.247. The highest BCUT2D eigenvalue weighted by atomic mass is 35.5. The molecule has 7 nitrogen and oxygen atoms in total. The molecule has 34 heavy (non-hydrogen) atoms. The summed E-state index contributed by atoms with van der Waals surface area (Å²) in [7, 11) is 1.57. The molecule has 2 aromatic heterocycles. The largest absolute Gasteiger partial charge is 0.493 e. The molecule has 0 aliphatic carbocycles. The molecule has 1 atom stereocenters. The Labute approximate surface area is 205 Å². The van der Waals surface area contributed by atoms with E-state index in [-0.39, 0.29) is 11.7 Å². The number of hydrogen-bond donors (Lipinski definition) is 1. The lowest BCUT2D eigenvalue weighted by Gasteiger charge is -2.17. The molecule has 0 saturated carbocycles. The van der Waals surface area contributed by atoms with Crippen molar-refractivity contribution >= 4 is 33.2 Å². The van der Waals surface area contributed by atoms with Gasteiger partial charge < -0.3 is 14.6 Å². The lowest BCUT2D eigenvalue weighted by Crippen LogP contribution is -2.27. The summed E-state index contributed by atoms with van der Waals surface area (Å²) in [4.78, 5) is 20.9. The monoisotopic (exact) mass is 497 g/mol. The number of halogens is 1. The fourth-order valence-electron chi connectivity index (χ4n) is 4.08. The van der Waals surface area contributed by atoms with Gasteiger partial charge in [0.15, 0.2) is 11.5 Å². The standard InChI is InChI=1S/C25H24ClN3O4S/c1-32-22-12-18(6-7-21(22)33-11-10-28-9-8-19(30)14-28)29-15-27-20-13-23(34-24(20)25(29)31)16-2-4-17(26)5-3-16/h2-7,12-13,15,19,30H,8-11,14H2,1H3/t19-/m1/s1. The highest BCUT2D eigenvalue weighted by Gasteiger charge is 2.20. The molecule has 4 aromatic rings. The van der Waals surface area contributed by atoms with Crippen LogP contribution in [0, 0.1) is 0 Å². The van der Waals surface area contributed by atoms with Gasteiger partial charge in [-0.25, -0.2) is 4.98 Å². The van der Waals surface area contributed by atoms with Crippen LogP contribution in [0.5, 0.6) is 11.5 Å². The van der Waals surface area contributed by atoms with Crippen molar-refractivity contribution in [2.24, 2.45) is 0 Å². The van der Waals surface area contributed by atoms with E-state index in [0.717, 1.165) is 30.0 Å². The Kier molecular flexibility index (Phi) is 6.56. The summed E-state index contributed by atoms with van der Waals surface area (Å²) < 4.78 is 13.5. The Bertz CT molecular complexity index is 1370. The van der Waals surface area contributed by atoms with Gasteiger partial charge in [0.05, 0.1) is 24.4 Å². The third kappa shape index (κ3) is 4.67. The number of aromatic nitrogens is 2. The molecule has 1 N–H and O–H groups in total. The first-order valence-corrected chi connectivity index (χ1v) is 12.2. The molecule has 1 fully saturated rings. The van der Waals surface area contributed by atoms with Gasteiger partial charge in [-0.1, -0.05) is 23.7 Å². The number of β-amino-alcohol motifs (C(OH)–C–C–N with tert-alkyl or cyclic N) is 1. The van der Waals surface area contributed by atoms with Crippen LogP contribution in [0.15, 0.2) is 59.7 Å². The maximum Gasteiger partial charge on any atom is 0.275 e. The first-order chi connectivity index (χ1) is 16.5. The summed E-state index contributed by atoms with van der Waals surface area (Å²) in [6.45, 7) is 2.77. The number of nitrogens with zero attached hydrogens (tertiary/aromatic N) is 3. The van der Waals surface area contributed by atoms with Crippen molar-refractivity contribution in [3.63, 3.8) is 0 Å². The zero-order valence-electron chi connectivity index (χ0n) is 18.6. The topological polar surface area (TPSA) is 76.8 Å². The molecule has 0 radical (unpaired) electrons. The Morgan fingerprint density at radius 2 is 2.00 bits per heavy atom. The van der Waals surface area contributed by atoms with Crippen molar-refractivity contribution in [1.82, 2.24) is 14.5 Å². The first-order valence-electron chi connectivity index (χ1n) is 11.0. The molecule has 5 rings (SSSR count). The zero-order chi connectivity index (χ0) is 23.7. The minimum Gasteiger partial charge on any atom is -0.493 e. The quantitative estimate of drug-likeness (QED) is 0.412. The Hall–Kier alpha value is -2.91. The maximum absolute atomic E-state index is 13.3. The van der Waals surface area contributed by atoms with Crippen LogP contribution in [0.1, 0.15) is 6.42 Å². The summed E-state index contributed by atoms with van der Waals surface area (Å²) in [5.74, 6) is 1.15. The van der Waals surface area contributed by atoms with Crippen LogP contribution < -0.4 is 15.0 Å². The molecule has 1 saturated heterocycles. The minimum absolute atomic E-state index is 0.140. The molecule has 1 aliphatic heterocycles. The molecule has 0 amide bonds. The van der Waals surface area contributed by atoms with Crippen molar-refractivity contribution < 1.29 is 14.6 Å². The van der Waals surface area contributed by atoms with Crippen molar-refractivity contribution in [2.75, 3.05) is 33.4 Å². The van der Waals surface area contributed by atoms with E-state index in [1.165, 1.54) is 22.2 Å². The summed E-state index contributed by atoms with van der Waals surface area (Å²) >= 11 is 7.41. The van der Waals surface area contributed by atoms with Crippen LogP contribution in [-0.2, 0) is 0 Å². The number of likely N-dealkylation sites (tertiary alicyclic amines) is 1.